The van der Waals surface area contributed by atoms with Gasteiger partial charge in [-0.3, -0.25) is 10.3 Å². The molecular weight excluding hydrogens is 302 g/mol. The summed E-state index contributed by atoms with van der Waals surface area (Å²) >= 11 is 0. The van der Waals surface area contributed by atoms with Crippen LogP contribution in [0, 0.1) is 0 Å². The van der Waals surface area contributed by atoms with E-state index in [2.05, 4.69) is 21.7 Å². The number of ether oxygens (including phenoxy) is 1. The lowest BCUT2D eigenvalue weighted by atomic mass is 9.93. The van der Waals surface area contributed by atoms with Crippen molar-refractivity contribution in [1.82, 2.24) is 10.3 Å². The predicted molar refractivity (Wildman–Crippen MR) is 94.9 cm³/mol. The van der Waals surface area contributed by atoms with E-state index in [1.165, 1.54) is 11.1 Å². The zero-order chi connectivity index (χ0) is 17.2. The van der Waals surface area contributed by atoms with E-state index >= 15 is 0 Å². The van der Waals surface area contributed by atoms with Crippen molar-refractivity contribution in [2.45, 2.75) is 39.3 Å². The quantitative estimate of drug-likeness (QED) is 0.883. The van der Waals surface area contributed by atoms with Crippen LogP contribution in [0.2, 0.25) is 0 Å². The molecule has 1 aliphatic heterocycles. The maximum atomic E-state index is 12.3. The molecule has 2 N–H and O–H groups in total. The number of anilines is 1. The Morgan fingerprint density at radius 3 is 2.83 bits per heavy atom. The standard InChI is InChI=1S/C19H23N3O2/c1-19(2,3)24-18(23)22-17-15(13-5-4-9-20-11-13)7-6-14-12-21-10-8-16(14)17/h4-7,9,11,21H,8,10,12H2,1-3H3,(H,22,23). The molecule has 1 aromatic heterocycles. The van der Waals surface area contributed by atoms with Crippen molar-refractivity contribution in [2.24, 2.45) is 0 Å². The van der Waals surface area contributed by atoms with Crippen molar-refractivity contribution >= 4 is 11.8 Å². The van der Waals surface area contributed by atoms with Gasteiger partial charge in [-0.15, -0.1) is 0 Å². The molecule has 0 fully saturated rings. The van der Waals surface area contributed by atoms with Gasteiger partial charge in [-0.25, -0.2) is 4.79 Å². The normalized spacial score (nSPS) is 14.0. The fourth-order valence-electron chi connectivity index (χ4n) is 2.89. The van der Waals surface area contributed by atoms with Gasteiger partial charge in [0, 0.05) is 30.1 Å². The SMILES string of the molecule is CC(C)(C)OC(=O)Nc1c(-c2cccnc2)ccc2c1CCNC2. The largest absolute Gasteiger partial charge is 0.444 e. The minimum absolute atomic E-state index is 0.431. The fraction of sp³-hybridized carbons (Fsp3) is 0.368. The Morgan fingerprint density at radius 1 is 1.29 bits per heavy atom. The van der Waals surface area contributed by atoms with Crippen molar-refractivity contribution in [3.63, 3.8) is 0 Å². The molecule has 1 amide bonds. The summed E-state index contributed by atoms with van der Waals surface area (Å²) in [6, 6.07) is 8.04. The maximum Gasteiger partial charge on any atom is 0.412 e. The van der Waals surface area contributed by atoms with Crippen LogP contribution in [-0.4, -0.2) is 23.2 Å². The van der Waals surface area contributed by atoms with E-state index < -0.39 is 11.7 Å². The zero-order valence-electron chi connectivity index (χ0n) is 14.3. The third-order valence-electron chi connectivity index (χ3n) is 3.88. The molecule has 2 heterocycles. The van der Waals surface area contributed by atoms with Gasteiger partial charge in [0.2, 0.25) is 0 Å². The Labute approximate surface area is 142 Å². The Kier molecular flexibility index (Phi) is 4.53. The van der Waals surface area contributed by atoms with Crippen LogP contribution in [0.25, 0.3) is 11.1 Å². The Hall–Kier alpha value is -2.40. The number of hydrogen-bond donors (Lipinski definition) is 2. The molecule has 0 atom stereocenters. The van der Waals surface area contributed by atoms with Crippen LogP contribution in [0.3, 0.4) is 0 Å². The van der Waals surface area contributed by atoms with Gasteiger partial charge in [-0.2, -0.15) is 0 Å². The Bertz CT molecular complexity index is 736. The zero-order valence-corrected chi connectivity index (χ0v) is 14.3. The summed E-state index contributed by atoms with van der Waals surface area (Å²) in [6.07, 6.45) is 3.99. The maximum absolute atomic E-state index is 12.3. The number of pyridine rings is 1. The van der Waals surface area contributed by atoms with Gasteiger partial charge in [-0.1, -0.05) is 18.2 Å². The lowest BCUT2D eigenvalue weighted by molar-refractivity contribution is 0.0636. The van der Waals surface area contributed by atoms with Gasteiger partial charge in [0.1, 0.15) is 5.60 Å². The molecule has 5 nitrogen and oxygen atoms in total. The van der Waals surface area contributed by atoms with Gasteiger partial charge in [0.25, 0.3) is 0 Å². The van der Waals surface area contributed by atoms with Gasteiger partial charge >= 0.3 is 6.09 Å². The molecule has 5 heteroatoms. The van der Waals surface area contributed by atoms with E-state index in [4.69, 9.17) is 4.74 Å². The first-order valence-electron chi connectivity index (χ1n) is 8.20. The molecule has 24 heavy (non-hydrogen) atoms. The van der Waals surface area contributed by atoms with E-state index in [1.807, 2.05) is 45.2 Å². The van der Waals surface area contributed by atoms with E-state index in [9.17, 15) is 4.79 Å². The number of aromatic nitrogens is 1. The third-order valence-corrected chi connectivity index (χ3v) is 3.88. The second-order valence-electron chi connectivity index (χ2n) is 6.92. The highest BCUT2D eigenvalue weighted by atomic mass is 16.6. The van der Waals surface area contributed by atoms with Crippen LogP contribution in [0.1, 0.15) is 31.9 Å². The summed E-state index contributed by atoms with van der Waals surface area (Å²) in [6.45, 7) is 7.29. The van der Waals surface area contributed by atoms with Gasteiger partial charge in [0.15, 0.2) is 0 Å². The summed E-state index contributed by atoms with van der Waals surface area (Å²) in [5.41, 5.74) is 4.62. The molecule has 0 spiro atoms. The number of nitrogens with one attached hydrogen (secondary N) is 2. The van der Waals surface area contributed by atoms with Crippen molar-refractivity contribution in [3.05, 3.63) is 47.8 Å². The summed E-state index contributed by atoms with van der Waals surface area (Å²) < 4.78 is 5.44. The van der Waals surface area contributed by atoms with Crippen molar-refractivity contribution in [1.29, 1.82) is 0 Å². The van der Waals surface area contributed by atoms with E-state index in [0.29, 0.717) is 0 Å². The molecular formula is C19H23N3O2. The summed E-state index contributed by atoms with van der Waals surface area (Å²) in [5.74, 6) is 0. The Balaban J connectivity index is 2.02. The van der Waals surface area contributed by atoms with E-state index in [0.717, 1.165) is 36.3 Å². The predicted octanol–water partition coefficient (Wildman–Crippen LogP) is 3.74. The average molecular weight is 325 g/mol. The molecule has 1 aliphatic rings. The first-order chi connectivity index (χ1) is 11.4. The molecule has 1 aromatic carbocycles. The fourth-order valence-corrected chi connectivity index (χ4v) is 2.89. The molecule has 0 saturated carbocycles. The molecule has 2 aromatic rings. The summed E-state index contributed by atoms with van der Waals surface area (Å²) in [5, 5.41) is 6.34. The highest BCUT2D eigenvalue weighted by molar-refractivity contribution is 5.93. The van der Waals surface area contributed by atoms with Crippen molar-refractivity contribution in [3.8, 4) is 11.1 Å². The summed E-state index contributed by atoms with van der Waals surface area (Å²) in [4.78, 5) is 16.5. The number of fused-ring (bicyclic) bond motifs is 1. The second-order valence-corrected chi connectivity index (χ2v) is 6.92. The average Bonchev–Trinajstić information content (AvgIpc) is 2.54. The second kappa shape index (κ2) is 6.61. The minimum atomic E-state index is -0.533. The topological polar surface area (TPSA) is 63.2 Å². The smallest absolute Gasteiger partial charge is 0.412 e. The van der Waals surface area contributed by atoms with Gasteiger partial charge < -0.3 is 10.1 Å². The summed E-state index contributed by atoms with van der Waals surface area (Å²) in [7, 11) is 0. The first-order valence-corrected chi connectivity index (χ1v) is 8.20. The van der Waals surface area contributed by atoms with E-state index in [-0.39, 0.29) is 0 Å². The third kappa shape index (κ3) is 3.74. The lowest BCUT2D eigenvalue weighted by Crippen LogP contribution is -2.29. The molecule has 126 valence electrons. The molecule has 0 unspecified atom stereocenters. The molecule has 0 bridgehead atoms. The highest BCUT2D eigenvalue weighted by Gasteiger charge is 2.22. The molecule has 0 aliphatic carbocycles. The number of hydrogen-bond acceptors (Lipinski definition) is 4. The monoisotopic (exact) mass is 325 g/mol. The number of carbonyl (C=O) groups excluding carboxylic acids is 1. The number of benzene rings is 1. The van der Waals surface area contributed by atoms with E-state index in [1.54, 1.807) is 6.20 Å². The van der Waals surface area contributed by atoms with Crippen LogP contribution in [0.5, 0.6) is 0 Å². The number of nitrogens with zero attached hydrogens (tertiary/aromatic N) is 1. The number of rotatable bonds is 2. The van der Waals surface area contributed by atoms with Crippen LogP contribution < -0.4 is 10.6 Å². The number of amides is 1. The highest BCUT2D eigenvalue weighted by Crippen LogP contribution is 2.34. The van der Waals surface area contributed by atoms with Gasteiger partial charge in [0.05, 0.1) is 5.69 Å². The van der Waals surface area contributed by atoms with Crippen LogP contribution >= 0.6 is 0 Å². The van der Waals surface area contributed by atoms with Crippen LogP contribution in [0.15, 0.2) is 36.7 Å². The van der Waals surface area contributed by atoms with Crippen molar-refractivity contribution < 1.29 is 9.53 Å². The van der Waals surface area contributed by atoms with Crippen molar-refractivity contribution in [2.75, 3.05) is 11.9 Å². The van der Waals surface area contributed by atoms with Crippen LogP contribution in [-0.2, 0) is 17.7 Å². The molecule has 3 rings (SSSR count). The lowest BCUT2D eigenvalue weighted by Gasteiger charge is -2.25. The van der Waals surface area contributed by atoms with Crippen LogP contribution in [0.4, 0.5) is 10.5 Å². The minimum Gasteiger partial charge on any atom is -0.444 e. The molecule has 0 radical (unpaired) electrons. The molecule has 0 saturated heterocycles. The Morgan fingerprint density at radius 2 is 2.12 bits per heavy atom. The number of carbonyl (C=O) groups is 1. The van der Waals surface area contributed by atoms with Gasteiger partial charge in [-0.05, 0) is 50.9 Å². The first kappa shape index (κ1) is 16.5.